The molecule has 1 heterocycles. The normalized spacial score (nSPS) is 16.6. The summed E-state index contributed by atoms with van der Waals surface area (Å²) in [6, 6.07) is 12.2. The maximum Gasteiger partial charge on any atom is 0.310 e. The summed E-state index contributed by atoms with van der Waals surface area (Å²) in [5.41, 5.74) is 0.632. The van der Waals surface area contributed by atoms with Gasteiger partial charge in [0.1, 0.15) is 17.2 Å². The van der Waals surface area contributed by atoms with Crippen LogP contribution in [0.25, 0.3) is 0 Å². The third-order valence-corrected chi connectivity index (χ3v) is 4.03. The zero-order chi connectivity index (χ0) is 15.2. The number of carbonyl (C=O) groups is 1. The van der Waals surface area contributed by atoms with E-state index in [0.717, 1.165) is 11.1 Å². The number of benzene rings is 2. The minimum absolute atomic E-state index is 0.0972. The first-order valence-electron chi connectivity index (χ1n) is 6.74. The van der Waals surface area contributed by atoms with Gasteiger partial charge in [0, 0.05) is 23.1 Å². The average Bonchev–Trinajstić information content (AvgIpc) is 2.44. The summed E-state index contributed by atoms with van der Waals surface area (Å²) in [5, 5.41) is 19.2. The van der Waals surface area contributed by atoms with Gasteiger partial charge in [0.25, 0.3) is 0 Å². The van der Waals surface area contributed by atoms with E-state index in [0.29, 0.717) is 11.5 Å². The molecule has 0 saturated carbocycles. The van der Waals surface area contributed by atoms with Crippen LogP contribution in [-0.4, -0.2) is 16.2 Å². The molecule has 3 rings (SSSR count). The highest BCUT2D eigenvalue weighted by Crippen LogP contribution is 2.52. The van der Waals surface area contributed by atoms with Gasteiger partial charge in [0.05, 0.1) is 5.41 Å². The van der Waals surface area contributed by atoms with E-state index in [1.807, 2.05) is 24.3 Å². The Morgan fingerprint density at radius 1 is 1.10 bits per heavy atom. The second-order valence-electron chi connectivity index (χ2n) is 5.82. The molecule has 0 bridgehead atoms. The van der Waals surface area contributed by atoms with Gasteiger partial charge in [-0.25, -0.2) is 0 Å². The van der Waals surface area contributed by atoms with Crippen LogP contribution in [0, 0.1) is 5.41 Å². The Kier molecular flexibility index (Phi) is 2.90. The number of carboxylic acid groups (broad SMARTS) is 1. The van der Waals surface area contributed by atoms with Crippen LogP contribution in [0.5, 0.6) is 17.2 Å². The first kappa shape index (κ1) is 13.5. The van der Waals surface area contributed by atoms with Crippen molar-refractivity contribution in [3.05, 3.63) is 53.6 Å². The van der Waals surface area contributed by atoms with Crippen LogP contribution in [0.2, 0.25) is 0 Å². The van der Waals surface area contributed by atoms with E-state index in [2.05, 4.69) is 0 Å². The molecule has 2 N–H and O–H groups in total. The summed E-state index contributed by atoms with van der Waals surface area (Å²) >= 11 is 0. The summed E-state index contributed by atoms with van der Waals surface area (Å²) in [6.07, 6.45) is 0. The Hall–Kier alpha value is -2.49. The highest BCUT2D eigenvalue weighted by molar-refractivity contribution is 5.77. The molecule has 1 aliphatic rings. The third kappa shape index (κ3) is 2.03. The second-order valence-corrected chi connectivity index (χ2v) is 5.82. The Morgan fingerprint density at radius 3 is 2.48 bits per heavy atom. The summed E-state index contributed by atoms with van der Waals surface area (Å²) in [7, 11) is 0. The van der Waals surface area contributed by atoms with Gasteiger partial charge in [-0.3, -0.25) is 4.79 Å². The number of phenolic OH excluding ortho intramolecular Hbond substituents is 1. The molecule has 108 valence electrons. The summed E-state index contributed by atoms with van der Waals surface area (Å²) in [6.45, 7) is 3.41. The molecule has 0 saturated heterocycles. The molecule has 2 aromatic rings. The number of phenols is 1. The summed E-state index contributed by atoms with van der Waals surface area (Å²) in [5.74, 6) is 0.0294. The lowest BCUT2D eigenvalue weighted by Crippen LogP contribution is -2.33. The Bertz CT molecular complexity index is 718. The molecular formula is C17H16O4. The highest BCUT2D eigenvalue weighted by atomic mass is 16.5. The number of ether oxygens (including phenoxy) is 1. The van der Waals surface area contributed by atoms with Crippen LogP contribution < -0.4 is 4.74 Å². The Morgan fingerprint density at radius 2 is 1.76 bits per heavy atom. The fourth-order valence-electron chi connectivity index (χ4n) is 2.85. The minimum atomic E-state index is -0.994. The van der Waals surface area contributed by atoms with Crippen molar-refractivity contribution in [3.8, 4) is 17.2 Å². The zero-order valence-electron chi connectivity index (χ0n) is 11.8. The number of carboxylic acids is 1. The van der Waals surface area contributed by atoms with Crippen molar-refractivity contribution in [2.45, 2.75) is 19.8 Å². The molecular weight excluding hydrogens is 268 g/mol. The van der Waals surface area contributed by atoms with E-state index < -0.39 is 11.4 Å². The minimum Gasteiger partial charge on any atom is -0.508 e. The zero-order valence-corrected chi connectivity index (χ0v) is 11.8. The van der Waals surface area contributed by atoms with Gasteiger partial charge in [0.15, 0.2) is 0 Å². The fraction of sp³-hybridized carbons (Fsp3) is 0.235. The number of fused-ring (bicyclic) bond motifs is 2. The number of aromatic hydroxyl groups is 1. The van der Waals surface area contributed by atoms with E-state index >= 15 is 0 Å². The topological polar surface area (TPSA) is 66.8 Å². The lowest BCUT2D eigenvalue weighted by Gasteiger charge is -2.36. The maximum absolute atomic E-state index is 11.7. The van der Waals surface area contributed by atoms with Crippen molar-refractivity contribution < 1.29 is 19.7 Å². The molecule has 2 aromatic carbocycles. The molecule has 0 aliphatic carbocycles. The Balaban J connectivity index is 2.26. The highest BCUT2D eigenvalue weighted by Gasteiger charge is 2.43. The van der Waals surface area contributed by atoms with E-state index in [1.54, 1.807) is 26.0 Å². The van der Waals surface area contributed by atoms with Crippen LogP contribution in [0.4, 0.5) is 0 Å². The van der Waals surface area contributed by atoms with E-state index in [-0.39, 0.29) is 11.7 Å². The molecule has 4 heteroatoms. The summed E-state index contributed by atoms with van der Waals surface area (Å²) < 4.78 is 5.81. The van der Waals surface area contributed by atoms with E-state index in [1.165, 1.54) is 6.07 Å². The summed E-state index contributed by atoms with van der Waals surface area (Å²) in [4.78, 5) is 11.7. The largest absolute Gasteiger partial charge is 0.508 e. The van der Waals surface area contributed by atoms with Crippen LogP contribution in [0.15, 0.2) is 42.5 Å². The van der Waals surface area contributed by atoms with Gasteiger partial charge in [0.2, 0.25) is 0 Å². The van der Waals surface area contributed by atoms with Crippen molar-refractivity contribution >= 4 is 5.97 Å². The van der Waals surface area contributed by atoms with Gasteiger partial charge >= 0.3 is 5.97 Å². The van der Waals surface area contributed by atoms with Crippen molar-refractivity contribution in [1.82, 2.24) is 0 Å². The third-order valence-electron chi connectivity index (χ3n) is 4.03. The monoisotopic (exact) mass is 284 g/mol. The molecule has 0 radical (unpaired) electrons. The number of hydrogen-bond donors (Lipinski definition) is 2. The number of aliphatic carboxylic acids is 1. The van der Waals surface area contributed by atoms with Crippen molar-refractivity contribution in [2.24, 2.45) is 5.41 Å². The molecule has 0 amide bonds. The quantitative estimate of drug-likeness (QED) is 0.881. The molecule has 21 heavy (non-hydrogen) atoms. The number of para-hydroxylation sites is 1. The van der Waals surface area contributed by atoms with Crippen LogP contribution in [0.3, 0.4) is 0 Å². The van der Waals surface area contributed by atoms with Crippen molar-refractivity contribution in [2.75, 3.05) is 0 Å². The van der Waals surface area contributed by atoms with Crippen molar-refractivity contribution in [1.29, 1.82) is 0 Å². The van der Waals surface area contributed by atoms with E-state index in [9.17, 15) is 15.0 Å². The molecule has 1 unspecified atom stereocenters. The maximum atomic E-state index is 11.7. The molecule has 0 aromatic heterocycles. The predicted molar refractivity (Wildman–Crippen MR) is 77.9 cm³/mol. The van der Waals surface area contributed by atoms with Gasteiger partial charge in [-0.15, -0.1) is 0 Å². The SMILES string of the molecule is CC(C)(C(=O)O)C1c2ccccc2Oc2cc(O)ccc21. The van der Waals surface area contributed by atoms with Crippen LogP contribution in [0.1, 0.15) is 30.9 Å². The first-order chi connectivity index (χ1) is 9.91. The van der Waals surface area contributed by atoms with E-state index in [4.69, 9.17) is 4.74 Å². The molecule has 1 aliphatic heterocycles. The molecule has 4 nitrogen and oxygen atoms in total. The van der Waals surface area contributed by atoms with Gasteiger partial charge in [-0.1, -0.05) is 24.3 Å². The van der Waals surface area contributed by atoms with Gasteiger partial charge < -0.3 is 14.9 Å². The Labute approximate surface area is 122 Å². The lowest BCUT2D eigenvalue weighted by atomic mass is 9.70. The number of rotatable bonds is 2. The lowest BCUT2D eigenvalue weighted by molar-refractivity contribution is -0.147. The number of hydrogen-bond acceptors (Lipinski definition) is 3. The fourth-order valence-corrected chi connectivity index (χ4v) is 2.85. The predicted octanol–water partition coefficient (Wildman–Crippen LogP) is 3.74. The van der Waals surface area contributed by atoms with Crippen LogP contribution >= 0.6 is 0 Å². The smallest absolute Gasteiger partial charge is 0.310 e. The van der Waals surface area contributed by atoms with Crippen LogP contribution in [-0.2, 0) is 4.79 Å². The average molecular weight is 284 g/mol. The second kappa shape index (κ2) is 4.52. The first-order valence-corrected chi connectivity index (χ1v) is 6.74. The molecule has 0 spiro atoms. The molecule has 1 atom stereocenters. The van der Waals surface area contributed by atoms with Gasteiger partial charge in [-0.2, -0.15) is 0 Å². The van der Waals surface area contributed by atoms with Crippen molar-refractivity contribution in [3.63, 3.8) is 0 Å². The molecule has 0 fully saturated rings. The standard InChI is InChI=1S/C17H16O4/c1-17(2,16(19)20)15-11-5-3-4-6-13(11)21-14-9-10(18)7-8-12(14)15/h3-9,15,18H,1-2H3,(H,19,20). The van der Waals surface area contributed by atoms with Gasteiger partial charge in [-0.05, 0) is 26.0 Å².